The van der Waals surface area contributed by atoms with Gasteiger partial charge in [0.1, 0.15) is 0 Å². The summed E-state index contributed by atoms with van der Waals surface area (Å²) < 4.78 is 44.8. The van der Waals surface area contributed by atoms with Crippen molar-refractivity contribution >= 4 is 0 Å². The summed E-state index contributed by atoms with van der Waals surface area (Å²) in [6.45, 7) is 1.58. The molecule has 0 aliphatic heterocycles. The van der Waals surface area contributed by atoms with E-state index < -0.39 is 23.9 Å². The van der Waals surface area contributed by atoms with E-state index in [1.807, 2.05) is 0 Å². The molecular weight excluding hydrogens is 319 g/mol. The molecule has 3 nitrogen and oxygen atoms in total. The van der Waals surface area contributed by atoms with E-state index in [4.69, 9.17) is 10.5 Å². The fourth-order valence-electron chi connectivity index (χ4n) is 3.56. The first kappa shape index (κ1) is 19.2. The Labute approximate surface area is 141 Å². The summed E-state index contributed by atoms with van der Waals surface area (Å²) in [6.07, 6.45) is -0.625. The topological polar surface area (TPSA) is 55.5 Å². The van der Waals surface area contributed by atoms with Gasteiger partial charge in [0.05, 0.1) is 17.8 Å². The van der Waals surface area contributed by atoms with E-state index in [1.165, 1.54) is 12.5 Å². The number of aliphatic hydroxyl groups excluding tert-OH is 1. The van der Waals surface area contributed by atoms with Gasteiger partial charge in [0, 0.05) is 13.2 Å². The van der Waals surface area contributed by atoms with Crippen LogP contribution >= 0.6 is 0 Å². The molecule has 2 unspecified atom stereocenters. The molecule has 1 aromatic carbocycles. The highest BCUT2D eigenvalue weighted by Crippen LogP contribution is 2.41. The number of ether oxygens (including phenoxy) is 1. The summed E-state index contributed by atoms with van der Waals surface area (Å²) in [5.74, 6) is 0.250. The van der Waals surface area contributed by atoms with Gasteiger partial charge in [-0.2, -0.15) is 13.2 Å². The van der Waals surface area contributed by atoms with Crippen molar-refractivity contribution in [2.75, 3.05) is 7.11 Å². The Morgan fingerprint density at radius 1 is 1.17 bits per heavy atom. The van der Waals surface area contributed by atoms with E-state index in [0.717, 1.165) is 37.8 Å². The fourth-order valence-corrected chi connectivity index (χ4v) is 3.56. The summed E-state index contributed by atoms with van der Waals surface area (Å²) in [6, 6.07) is 2.84. The maximum absolute atomic E-state index is 13.1. The van der Waals surface area contributed by atoms with Crippen LogP contribution in [0.4, 0.5) is 13.2 Å². The molecular formula is C18H26F3NO2. The Hall–Kier alpha value is -1.11. The van der Waals surface area contributed by atoms with Gasteiger partial charge in [-0.05, 0) is 48.9 Å². The molecule has 1 fully saturated rings. The molecule has 6 heteroatoms. The average Bonchev–Trinajstić information content (AvgIpc) is 2.55. The number of halogens is 3. The number of alkyl halides is 3. The van der Waals surface area contributed by atoms with Gasteiger partial charge in [-0.15, -0.1) is 0 Å². The normalized spacial score (nSPS) is 20.6. The van der Waals surface area contributed by atoms with E-state index in [2.05, 4.69) is 0 Å². The van der Waals surface area contributed by atoms with Crippen LogP contribution in [0, 0.1) is 5.92 Å². The molecule has 1 aromatic rings. The van der Waals surface area contributed by atoms with Crippen molar-refractivity contribution in [2.45, 2.75) is 63.5 Å². The predicted molar refractivity (Wildman–Crippen MR) is 86.4 cm³/mol. The van der Waals surface area contributed by atoms with E-state index >= 15 is 0 Å². The zero-order valence-corrected chi connectivity index (χ0v) is 14.1. The van der Waals surface area contributed by atoms with Gasteiger partial charge >= 0.3 is 6.18 Å². The zero-order chi connectivity index (χ0) is 17.9. The Balaban J connectivity index is 2.46. The van der Waals surface area contributed by atoms with E-state index in [9.17, 15) is 18.3 Å². The first-order chi connectivity index (χ1) is 11.3. The van der Waals surface area contributed by atoms with Crippen molar-refractivity contribution in [3.63, 3.8) is 0 Å². The number of hydrogen-bond acceptors (Lipinski definition) is 3. The minimum atomic E-state index is -4.46. The van der Waals surface area contributed by atoms with Crippen molar-refractivity contribution < 1.29 is 23.0 Å². The van der Waals surface area contributed by atoms with Crippen LogP contribution < -0.4 is 5.73 Å². The first-order valence-corrected chi connectivity index (χ1v) is 8.43. The van der Waals surface area contributed by atoms with Gasteiger partial charge in [-0.3, -0.25) is 0 Å². The van der Waals surface area contributed by atoms with Gasteiger partial charge in [0.15, 0.2) is 0 Å². The molecule has 0 bridgehead atoms. The van der Waals surface area contributed by atoms with Crippen LogP contribution in [0.25, 0.3) is 0 Å². The average molecular weight is 345 g/mol. The quantitative estimate of drug-likeness (QED) is 0.834. The largest absolute Gasteiger partial charge is 0.416 e. The maximum Gasteiger partial charge on any atom is 0.416 e. The molecule has 1 aliphatic carbocycles. The minimum Gasteiger partial charge on any atom is -0.387 e. The second-order valence-electron chi connectivity index (χ2n) is 6.70. The van der Waals surface area contributed by atoms with E-state index in [0.29, 0.717) is 5.56 Å². The Kier molecular flexibility index (Phi) is 6.28. The third-order valence-electron chi connectivity index (χ3n) is 4.87. The molecule has 3 atom stereocenters. The maximum atomic E-state index is 13.1. The monoisotopic (exact) mass is 345 g/mol. The van der Waals surface area contributed by atoms with Crippen molar-refractivity contribution in [1.82, 2.24) is 0 Å². The molecule has 1 saturated carbocycles. The van der Waals surface area contributed by atoms with Crippen LogP contribution in [0.5, 0.6) is 0 Å². The number of benzene rings is 1. The van der Waals surface area contributed by atoms with Crippen LogP contribution in [-0.4, -0.2) is 18.3 Å². The highest BCUT2D eigenvalue weighted by Gasteiger charge is 2.34. The van der Waals surface area contributed by atoms with Gasteiger partial charge < -0.3 is 15.6 Å². The highest BCUT2D eigenvalue weighted by molar-refractivity contribution is 5.37. The second kappa shape index (κ2) is 7.85. The van der Waals surface area contributed by atoms with Crippen LogP contribution in [0.2, 0.25) is 0 Å². The lowest BCUT2D eigenvalue weighted by molar-refractivity contribution is -0.137. The molecule has 3 N–H and O–H groups in total. The standard InChI is InChI=1S/C18H26F3NO2/c1-11(22)16(23)15-10-13(18(19,20)21)8-9-14(15)17(24-2)12-6-4-3-5-7-12/h8-12,16-17,23H,3-7,22H2,1-2H3/t11?,16?,17-/m0/s1. The summed E-state index contributed by atoms with van der Waals surface area (Å²) >= 11 is 0. The van der Waals surface area contributed by atoms with Gasteiger partial charge in [-0.1, -0.05) is 25.3 Å². The molecule has 24 heavy (non-hydrogen) atoms. The third kappa shape index (κ3) is 4.29. The van der Waals surface area contributed by atoms with E-state index in [1.54, 1.807) is 14.0 Å². The number of methoxy groups -OCH3 is 1. The Morgan fingerprint density at radius 3 is 2.29 bits per heavy atom. The van der Waals surface area contributed by atoms with Crippen LogP contribution in [0.3, 0.4) is 0 Å². The highest BCUT2D eigenvalue weighted by atomic mass is 19.4. The minimum absolute atomic E-state index is 0.220. The van der Waals surface area contributed by atoms with Crippen LogP contribution in [0.15, 0.2) is 18.2 Å². The molecule has 136 valence electrons. The number of hydrogen-bond donors (Lipinski definition) is 2. The molecule has 0 radical (unpaired) electrons. The first-order valence-electron chi connectivity index (χ1n) is 8.43. The molecule has 0 spiro atoms. The zero-order valence-electron chi connectivity index (χ0n) is 14.1. The number of rotatable bonds is 5. The van der Waals surface area contributed by atoms with Crippen LogP contribution in [-0.2, 0) is 10.9 Å². The van der Waals surface area contributed by atoms with Gasteiger partial charge in [0.25, 0.3) is 0 Å². The SMILES string of the molecule is CO[C@H](c1ccc(C(F)(F)F)cc1C(O)C(C)N)C1CCCCC1. The summed E-state index contributed by atoms with van der Waals surface area (Å²) in [5.41, 5.74) is 5.80. The van der Waals surface area contributed by atoms with E-state index in [-0.39, 0.29) is 17.6 Å². The summed E-state index contributed by atoms with van der Waals surface area (Å²) in [7, 11) is 1.57. The van der Waals surface area contributed by atoms with Crippen LogP contribution in [0.1, 0.15) is 67.9 Å². The van der Waals surface area contributed by atoms with Gasteiger partial charge in [-0.25, -0.2) is 0 Å². The lowest BCUT2D eigenvalue weighted by atomic mass is 9.80. The molecule has 0 amide bonds. The number of aliphatic hydroxyl groups is 1. The molecule has 0 heterocycles. The van der Waals surface area contributed by atoms with Crippen molar-refractivity contribution in [3.05, 3.63) is 34.9 Å². The fraction of sp³-hybridized carbons (Fsp3) is 0.667. The summed E-state index contributed by atoms with van der Waals surface area (Å²) in [5, 5.41) is 10.4. The molecule has 0 saturated heterocycles. The molecule has 2 rings (SSSR count). The van der Waals surface area contributed by atoms with Crippen molar-refractivity contribution in [2.24, 2.45) is 11.7 Å². The molecule has 0 aromatic heterocycles. The van der Waals surface area contributed by atoms with Crippen molar-refractivity contribution in [3.8, 4) is 0 Å². The third-order valence-corrected chi connectivity index (χ3v) is 4.87. The Morgan fingerprint density at radius 2 is 1.79 bits per heavy atom. The lowest BCUT2D eigenvalue weighted by Crippen LogP contribution is -2.27. The number of nitrogens with two attached hydrogens (primary N) is 1. The Bertz CT molecular complexity index is 540. The second-order valence-corrected chi connectivity index (χ2v) is 6.70. The lowest BCUT2D eigenvalue weighted by Gasteiger charge is -2.32. The van der Waals surface area contributed by atoms with Crippen molar-refractivity contribution in [1.29, 1.82) is 0 Å². The van der Waals surface area contributed by atoms with Gasteiger partial charge in [0.2, 0.25) is 0 Å². The predicted octanol–water partition coefficient (Wildman–Crippen LogP) is 4.35. The smallest absolute Gasteiger partial charge is 0.387 e. The summed E-state index contributed by atoms with van der Waals surface area (Å²) in [4.78, 5) is 0. The molecule has 1 aliphatic rings.